The third kappa shape index (κ3) is 1.82. The second-order valence-electron chi connectivity index (χ2n) is 5.20. The van der Waals surface area contributed by atoms with Crippen LogP contribution in [0.1, 0.15) is 32.8 Å². The molecular weight excluding hydrogens is 230 g/mol. The molecule has 1 aliphatic heterocycles. The van der Waals surface area contributed by atoms with Crippen molar-refractivity contribution >= 4 is 11.6 Å². The molecule has 2 N–H and O–H groups in total. The molecule has 1 amide bonds. The van der Waals surface area contributed by atoms with Crippen molar-refractivity contribution in [2.45, 2.75) is 44.9 Å². The van der Waals surface area contributed by atoms with Gasteiger partial charge in [-0.15, -0.1) is 0 Å². The lowest BCUT2D eigenvalue weighted by atomic mass is 9.90. The fraction of sp³-hybridized carbons (Fsp3) is 0.500. The summed E-state index contributed by atoms with van der Waals surface area (Å²) in [6.45, 7) is 5.39. The number of nitrogens with zero attached hydrogens (tertiary/aromatic N) is 1. The lowest BCUT2D eigenvalue weighted by Gasteiger charge is -2.26. The third-order valence-electron chi connectivity index (χ3n) is 3.29. The summed E-state index contributed by atoms with van der Waals surface area (Å²) >= 11 is 0. The second kappa shape index (κ2) is 4.37. The Morgan fingerprint density at radius 3 is 2.44 bits per heavy atom. The summed E-state index contributed by atoms with van der Waals surface area (Å²) in [7, 11) is 0. The van der Waals surface area contributed by atoms with Gasteiger partial charge in [0.1, 0.15) is 0 Å². The van der Waals surface area contributed by atoms with Crippen molar-refractivity contribution in [3.8, 4) is 0 Å². The fourth-order valence-corrected chi connectivity index (χ4v) is 2.59. The summed E-state index contributed by atoms with van der Waals surface area (Å²) in [4.78, 5) is 14.0. The Morgan fingerprint density at radius 1 is 1.28 bits per heavy atom. The molecule has 0 aliphatic carbocycles. The molecule has 4 heteroatoms. The minimum Gasteiger partial charge on any atom is -0.393 e. The SMILES string of the molecule is CC(C)N1C(=O)[C@](O)(C[C@H](C)O)c2ccccc21. The number of aliphatic hydroxyl groups is 2. The number of benzene rings is 1. The standard InChI is InChI=1S/C14H19NO3/c1-9(2)15-12-7-5-4-6-11(12)14(18,13(15)17)8-10(3)16/h4-7,9-10,16,18H,8H2,1-3H3/t10-,14-/m0/s1. The molecule has 2 atom stereocenters. The number of para-hydroxylation sites is 1. The Labute approximate surface area is 107 Å². The molecule has 0 fully saturated rings. The minimum absolute atomic E-state index is 0.0199. The summed E-state index contributed by atoms with van der Waals surface area (Å²) in [6.07, 6.45) is -0.717. The summed E-state index contributed by atoms with van der Waals surface area (Å²) in [5.74, 6) is -0.348. The molecule has 2 rings (SSSR count). The highest BCUT2D eigenvalue weighted by atomic mass is 16.3. The number of fused-ring (bicyclic) bond motifs is 1. The number of carbonyl (C=O) groups is 1. The first-order valence-electron chi connectivity index (χ1n) is 6.21. The lowest BCUT2D eigenvalue weighted by Crippen LogP contribution is -2.44. The van der Waals surface area contributed by atoms with Crippen molar-refractivity contribution in [3.63, 3.8) is 0 Å². The number of carbonyl (C=O) groups excluding carboxylic acids is 1. The Kier molecular flexibility index (Phi) is 3.17. The molecule has 0 saturated heterocycles. The first kappa shape index (κ1) is 13.1. The van der Waals surface area contributed by atoms with E-state index in [-0.39, 0.29) is 18.4 Å². The quantitative estimate of drug-likeness (QED) is 0.851. The van der Waals surface area contributed by atoms with E-state index >= 15 is 0 Å². The Bertz CT molecular complexity index is 470. The van der Waals surface area contributed by atoms with Crippen LogP contribution in [0.15, 0.2) is 24.3 Å². The Hall–Kier alpha value is -1.39. The van der Waals surface area contributed by atoms with Crippen LogP contribution in [0.4, 0.5) is 5.69 Å². The van der Waals surface area contributed by atoms with Crippen molar-refractivity contribution < 1.29 is 15.0 Å². The predicted molar refractivity (Wildman–Crippen MR) is 69.3 cm³/mol. The van der Waals surface area contributed by atoms with E-state index < -0.39 is 11.7 Å². The molecule has 0 saturated carbocycles. The van der Waals surface area contributed by atoms with Crippen LogP contribution in [0.3, 0.4) is 0 Å². The highest BCUT2D eigenvalue weighted by Crippen LogP contribution is 2.43. The Balaban J connectivity index is 2.54. The van der Waals surface area contributed by atoms with Crippen molar-refractivity contribution in [2.24, 2.45) is 0 Å². The van der Waals surface area contributed by atoms with E-state index in [4.69, 9.17) is 0 Å². The van der Waals surface area contributed by atoms with Gasteiger partial charge in [-0.1, -0.05) is 18.2 Å². The van der Waals surface area contributed by atoms with Crippen LogP contribution in [0.2, 0.25) is 0 Å². The molecule has 1 aromatic carbocycles. The Morgan fingerprint density at radius 2 is 1.89 bits per heavy atom. The predicted octanol–water partition coefficient (Wildman–Crippen LogP) is 1.40. The topological polar surface area (TPSA) is 60.8 Å². The van der Waals surface area contributed by atoms with Gasteiger partial charge in [0.15, 0.2) is 5.60 Å². The van der Waals surface area contributed by atoms with E-state index in [1.807, 2.05) is 26.0 Å². The maximum absolute atomic E-state index is 12.4. The zero-order valence-corrected chi connectivity index (χ0v) is 10.9. The molecule has 98 valence electrons. The monoisotopic (exact) mass is 249 g/mol. The summed E-state index contributed by atoms with van der Waals surface area (Å²) < 4.78 is 0. The molecule has 0 bridgehead atoms. The van der Waals surface area contributed by atoms with Crippen LogP contribution in [0.25, 0.3) is 0 Å². The van der Waals surface area contributed by atoms with Gasteiger partial charge >= 0.3 is 0 Å². The molecule has 0 spiro atoms. The van der Waals surface area contributed by atoms with Gasteiger partial charge in [0.05, 0.1) is 11.8 Å². The molecular formula is C14H19NO3. The van der Waals surface area contributed by atoms with E-state index in [1.54, 1.807) is 24.0 Å². The third-order valence-corrected chi connectivity index (χ3v) is 3.29. The first-order valence-corrected chi connectivity index (χ1v) is 6.21. The van der Waals surface area contributed by atoms with Crippen molar-refractivity contribution in [1.82, 2.24) is 0 Å². The van der Waals surface area contributed by atoms with E-state index in [0.717, 1.165) is 5.69 Å². The number of amides is 1. The van der Waals surface area contributed by atoms with Crippen LogP contribution in [-0.2, 0) is 10.4 Å². The molecule has 4 nitrogen and oxygen atoms in total. The molecule has 1 aromatic rings. The maximum atomic E-state index is 12.4. The van der Waals surface area contributed by atoms with Crippen LogP contribution in [-0.4, -0.2) is 28.3 Å². The zero-order chi connectivity index (χ0) is 13.5. The van der Waals surface area contributed by atoms with Crippen molar-refractivity contribution in [3.05, 3.63) is 29.8 Å². The van der Waals surface area contributed by atoms with Gasteiger partial charge in [0, 0.05) is 18.0 Å². The van der Waals surface area contributed by atoms with Crippen LogP contribution in [0, 0.1) is 0 Å². The largest absolute Gasteiger partial charge is 0.393 e. The minimum atomic E-state index is -1.60. The fourth-order valence-electron chi connectivity index (χ4n) is 2.59. The number of rotatable bonds is 3. The van der Waals surface area contributed by atoms with Gasteiger partial charge in [0.2, 0.25) is 0 Å². The van der Waals surface area contributed by atoms with Gasteiger partial charge in [-0.05, 0) is 26.8 Å². The molecule has 0 radical (unpaired) electrons. The van der Waals surface area contributed by atoms with E-state index in [9.17, 15) is 15.0 Å². The maximum Gasteiger partial charge on any atom is 0.264 e. The van der Waals surface area contributed by atoms with Crippen LogP contribution < -0.4 is 4.90 Å². The van der Waals surface area contributed by atoms with Crippen molar-refractivity contribution in [2.75, 3.05) is 4.90 Å². The highest BCUT2D eigenvalue weighted by Gasteiger charge is 2.50. The molecule has 0 unspecified atom stereocenters. The molecule has 18 heavy (non-hydrogen) atoms. The highest BCUT2D eigenvalue weighted by molar-refractivity contribution is 6.07. The van der Waals surface area contributed by atoms with Gasteiger partial charge in [-0.25, -0.2) is 0 Å². The van der Waals surface area contributed by atoms with Gasteiger partial charge in [0.25, 0.3) is 5.91 Å². The average Bonchev–Trinajstić information content (AvgIpc) is 2.48. The van der Waals surface area contributed by atoms with E-state index in [2.05, 4.69) is 0 Å². The van der Waals surface area contributed by atoms with E-state index in [1.165, 1.54) is 0 Å². The summed E-state index contributed by atoms with van der Waals surface area (Å²) in [6, 6.07) is 7.19. The van der Waals surface area contributed by atoms with Gasteiger partial charge in [-0.2, -0.15) is 0 Å². The smallest absolute Gasteiger partial charge is 0.264 e. The lowest BCUT2D eigenvalue weighted by molar-refractivity contribution is -0.139. The number of anilines is 1. The molecule has 1 aliphatic rings. The molecule has 1 heterocycles. The number of hydrogen-bond donors (Lipinski definition) is 2. The zero-order valence-electron chi connectivity index (χ0n) is 10.9. The van der Waals surface area contributed by atoms with Crippen LogP contribution in [0.5, 0.6) is 0 Å². The summed E-state index contributed by atoms with van der Waals surface area (Å²) in [5, 5.41) is 20.2. The number of aliphatic hydroxyl groups excluding tert-OH is 1. The van der Waals surface area contributed by atoms with Gasteiger partial charge in [-0.3, -0.25) is 4.79 Å². The summed E-state index contributed by atoms with van der Waals surface area (Å²) in [5.41, 5.74) is -0.278. The normalized spacial score (nSPS) is 24.6. The average molecular weight is 249 g/mol. The second-order valence-corrected chi connectivity index (χ2v) is 5.20. The van der Waals surface area contributed by atoms with Crippen molar-refractivity contribution in [1.29, 1.82) is 0 Å². The molecule has 0 aromatic heterocycles. The number of hydrogen-bond acceptors (Lipinski definition) is 3. The van der Waals surface area contributed by atoms with Crippen LogP contribution >= 0.6 is 0 Å². The van der Waals surface area contributed by atoms with Gasteiger partial charge < -0.3 is 15.1 Å². The van der Waals surface area contributed by atoms with E-state index in [0.29, 0.717) is 5.56 Å². The first-order chi connectivity index (χ1) is 8.38.